The van der Waals surface area contributed by atoms with E-state index >= 15 is 0 Å². The van der Waals surface area contributed by atoms with Gasteiger partial charge in [0.05, 0.1) is 19.9 Å². The van der Waals surface area contributed by atoms with Crippen LogP contribution in [0.2, 0.25) is 0 Å². The van der Waals surface area contributed by atoms with Gasteiger partial charge in [-0.25, -0.2) is 9.48 Å². The van der Waals surface area contributed by atoms with Crippen molar-refractivity contribution in [3.05, 3.63) is 42.4 Å². The summed E-state index contributed by atoms with van der Waals surface area (Å²) in [6.07, 6.45) is 3.41. The van der Waals surface area contributed by atoms with E-state index in [1.807, 2.05) is 30.5 Å². The number of hydrogen-bond donors (Lipinski definition) is 1. The van der Waals surface area contributed by atoms with Gasteiger partial charge in [0.25, 0.3) is 0 Å². The first kappa shape index (κ1) is 13.2. The number of fused-ring (bicyclic) bond motifs is 1. The predicted octanol–water partition coefficient (Wildman–Crippen LogP) is 1.64. The number of aromatic carboxylic acids is 1. The average Bonchev–Trinajstić information content (AvgIpc) is 3.11. The van der Waals surface area contributed by atoms with Crippen molar-refractivity contribution < 1.29 is 14.6 Å². The number of nitrogens with zero attached hydrogens (tertiary/aromatic N) is 4. The van der Waals surface area contributed by atoms with Gasteiger partial charge in [-0.2, -0.15) is 0 Å². The van der Waals surface area contributed by atoms with Crippen molar-refractivity contribution in [2.45, 2.75) is 13.1 Å². The minimum absolute atomic E-state index is 0.0444. The standard InChI is InChI=1S/C14H14N4O3/c1-21-11-2-3-13-10(8-11)4-5-17(13)6-7-18-9-12(14(19)20)15-16-18/h2-5,8-9H,6-7H2,1H3,(H,19,20). The molecule has 108 valence electrons. The lowest BCUT2D eigenvalue weighted by atomic mass is 10.2. The van der Waals surface area contributed by atoms with Crippen LogP contribution in [-0.4, -0.2) is 37.7 Å². The molecule has 2 aromatic heterocycles. The van der Waals surface area contributed by atoms with Crippen LogP contribution in [-0.2, 0) is 13.1 Å². The number of hydrogen-bond acceptors (Lipinski definition) is 4. The highest BCUT2D eigenvalue weighted by molar-refractivity contribution is 5.84. The van der Waals surface area contributed by atoms with Crippen LogP contribution in [0.1, 0.15) is 10.5 Å². The van der Waals surface area contributed by atoms with Gasteiger partial charge < -0.3 is 14.4 Å². The Balaban J connectivity index is 1.77. The molecule has 0 atom stereocenters. The largest absolute Gasteiger partial charge is 0.497 e. The molecule has 0 bridgehead atoms. The van der Waals surface area contributed by atoms with E-state index in [-0.39, 0.29) is 5.69 Å². The summed E-state index contributed by atoms with van der Waals surface area (Å²) in [5.74, 6) is -0.248. The maximum Gasteiger partial charge on any atom is 0.358 e. The van der Waals surface area contributed by atoms with Crippen LogP contribution < -0.4 is 4.74 Å². The van der Waals surface area contributed by atoms with Gasteiger partial charge >= 0.3 is 5.97 Å². The van der Waals surface area contributed by atoms with Crippen LogP contribution in [0.25, 0.3) is 10.9 Å². The van der Waals surface area contributed by atoms with E-state index < -0.39 is 5.97 Å². The third-order valence-corrected chi connectivity index (χ3v) is 3.31. The molecular formula is C14H14N4O3. The van der Waals surface area contributed by atoms with Gasteiger partial charge in [-0.05, 0) is 24.3 Å². The molecule has 0 aliphatic rings. The number of carboxylic acids is 1. The number of rotatable bonds is 5. The maximum absolute atomic E-state index is 10.7. The monoisotopic (exact) mass is 286 g/mol. The zero-order chi connectivity index (χ0) is 14.8. The molecule has 0 aliphatic heterocycles. The van der Waals surface area contributed by atoms with Crippen molar-refractivity contribution in [2.75, 3.05) is 7.11 Å². The second-order valence-electron chi connectivity index (χ2n) is 4.61. The molecule has 0 unspecified atom stereocenters. The zero-order valence-corrected chi connectivity index (χ0v) is 11.4. The van der Waals surface area contributed by atoms with Crippen LogP contribution in [0.5, 0.6) is 5.75 Å². The SMILES string of the molecule is COc1ccc2c(ccn2CCn2cc(C(=O)O)nn2)c1. The van der Waals surface area contributed by atoms with Crippen LogP contribution in [0.3, 0.4) is 0 Å². The predicted molar refractivity (Wildman–Crippen MR) is 75.5 cm³/mol. The lowest BCUT2D eigenvalue weighted by Crippen LogP contribution is -2.07. The second-order valence-corrected chi connectivity index (χ2v) is 4.61. The topological polar surface area (TPSA) is 82.2 Å². The Hall–Kier alpha value is -2.83. The third kappa shape index (κ3) is 2.58. The molecule has 0 aliphatic carbocycles. The fraction of sp³-hybridized carbons (Fsp3) is 0.214. The summed E-state index contributed by atoms with van der Waals surface area (Å²) in [6.45, 7) is 1.23. The van der Waals surface area contributed by atoms with Crippen molar-refractivity contribution in [3.63, 3.8) is 0 Å². The molecule has 0 saturated carbocycles. The molecule has 3 rings (SSSR count). The smallest absolute Gasteiger partial charge is 0.358 e. The number of aromatic nitrogens is 4. The molecule has 3 aromatic rings. The van der Waals surface area contributed by atoms with Gasteiger partial charge in [-0.1, -0.05) is 5.21 Å². The second kappa shape index (κ2) is 5.28. The number of ether oxygens (including phenoxy) is 1. The Morgan fingerprint density at radius 1 is 1.33 bits per heavy atom. The van der Waals surface area contributed by atoms with E-state index in [2.05, 4.69) is 14.9 Å². The molecule has 1 aromatic carbocycles. The molecule has 0 spiro atoms. The number of aryl methyl sites for hydroxylation is 2. The van der Waals surface area contributed by atoms with Crippen LogP contribution in [0.4, 0.5) is 0 Å². The maximum atomic E-state index is 10.7. The molecule has 0 fully saturated rings. The Kier molecular flexibility index (Phi) is 3.31. The van der Waals surface area contributed by atoms with Crippen LogP contribution in [0, 0.1) is 0 Å². The summed E-state index contributed by atoms with van der Waals surface area (Å²) < 4.78 is 8.81. The summed E-state index contributed by atoms with van der Waals surface area (Å²) in [4.78, 5) is 10.7. The van der Waals surface area contributed by atoms with E-state index in [0.29, 0.717) is 13.1 Å². The number of benzene rings is 1. The fourth-order valence-corrected chi connectivity index (χ4v) is 2.22. The van der Waals surface area contributed by atoms with E-state index in [9.17, 15) is 4.79 Å². The molecule has 2 heterocycles. The molecule has 21 heavy (non-hydrogen) atoms. The van der Waals surface area contributed by atoms with Gasteiger partial charge in [0.2, 0.25) is 0 Å². The van der Waals surface area contributed by atoms with Crippen molar-refractivity contribution in [1.29, 1.82) is 0 Å². The fourth-order valence-electron chi connectivity index (χ4n) is 2.22. The van der Waals surface area contributed by atoms with E-state index in [0.717, 1.165) is 16.7 Å². The highest BCUT2D eigenvalue weighted by Crippen LogP contribution is 2.21. The third-order valence-electron chi connectivity index (χ3n) is 3.31. The van der Waals surface area contributed by atoms with Gasteiger partial charge in [0, 0.05) is 23.6 Å². The summed E-state index contributed by atoms with van der Waals surface area (Å²) in [5.41, 5.74) is 1.05. The first-order valence-electron chi connectivity index (χ1n) is 6.43. The summed E-state index contributed by atoms with van der Waals surface area (Å²) in [7, 11) is 1.64. The van der Waals surface area contributed by atoms with E-state index in [1.54, 1.807) is 7.11 Å². The molecule has 7 heteroatoms. The zero-order valence-electron chi connectivity index (χ0n) is 11.4. The highest BCUT2D eigenvalue weighted by atomic mass is 16.5. The molecule has 0 radical (unpaired) electrons. The number of carbonyl (C=O) groups is 1. The Bertz CT molecular complexity index is 790. The van der Waals surface area contributed by atoms with Crippen molar-refractivity contribution in [3.8, 4) is 5.75 Å². The van der Waals surface area contributed by atoms with E-state index in [1.165, 1.54) is 10.9 Å². The lowest BCUT2D eigenvalue weighted by Gasteiger charge is -2.06. The Morgan fingerprint density at radius 2 is 2.19 bits per heavy atom. The first-order valence-corrected chi connectivity index (χ1v) is 6.43. The molecule has 1 N–H and O–H groups in total. The molecule has 0 saturated heterocycles. The van der Waals surface area contributed by atoms with E-state index in [4.69, 9.17) is 9.84 Å². The first-order chi connectivity index (χ1) is 10.2. The van der Waals surface area contributed by atoms with Crippen molar-refractivity contribution in [2.24, 2.45) is 0 Å². The number of carboxylic acid groups (broad SMARTS) is 1. The Labute approximate surface area is 120 Å². The van der Waals surface area contributed by atoms with Crippen molar-refractivity contribution >= 4 is 16.9 Å². The lowest BCUT2D eigenvalue weighted by molar-refractivity contribution is 0.0690. The number of methoxy groups -OCH3 is 1. The average molecular weight is 286 g/mol. The van der Waals surface area contributed by atoms with Gasteiger partial charge in [-0.3, -0.25) is 0 Å². The van der Waals surface area contributed by atoms with Gasteiger partial charge in [-0.15, -0.1) is 5.10 Å². The molecular weight excluding hydrogens is 272 g/mol. The summed E-state index contributed by atoms with van der Waals surface area (Å²) in [5, 5.41) is 17.3. The summed E-state index contributed by atoms with van der Waals surface area (Å²) >= 11 is 0. The van der Waals surface area contributed by atoms with Crippen LogP contribution >= 0.6 is 0 Å². The normalized spacial score (nSPS) is 10.9. The van der Waals surface area contributed by atoms with Gasteiger partial charge in [0.15, 0.2) is 5.69 Å². The van der Waals surface area contributed by atoms with Crippen molar-refractivity contribution in [1.82, 2.24) is 19.6 Å². The van der Waals surface area contributed by atoms with Crippen LogP contribution in [0.15, 0.2) is 36.7 Å². The Morgan fingerprint density at radius 3 is 2.90 bits per heavy atom. The highest BCUT2D eigenvalue weighted by Gasteiger charge is 2.08. The van der Waals surface area contributed by atoms with Gasteiger partial charge in [0.1, 0.15) is 5.75 Å². The minimum atomic E-state index is -1.07. The molecule has 0 amide bonds. The molecule has 7 nitrogen and oxygen atoms in total. The minimum Gasteiger partial charge on any atom is -0.497 e. The summed E-state index contributed by atoms with van der Waals surface area (Å²) in [6, 6.07) is 7.90. The quantitative estimate of drug-likeness (QED) is 0.771.